The zero-order chi connectivity index (χ0) is 13.5. The van der Waals surface area contributed by atoms with Crippen LogP contribution >= 0.6 is 0 Å². The molecule has 0 saturated carbocycles. The number of furan rings is 1. The van der Waals surface area contributed by atoms with Crippen molar-refractivity contribution in [1.82, 2.24) is 4.90 Å². The predicted molar refractivity (Wildman–Crippen MR) is 82.3 cm³/mol. The maximum absolute atomic E-state index is 5.83. The van der Waals surface area contributed by atoms with Gasteiger partial charge in [-0.2, -0.15) is 0 Å². The Bertz CT molecular complexity index is 754. The van der Waals surface area contributed by atoms with E-state index in [9.17, 15) is 0 Å². The van der Waals surface area contributed by atoms with Gasteiger partial charge in [0, 0.05) is 48.7 Å². The number of rotatable bonds is 1. The number of benzene rings is 2. The molecule has 0 unspecified atom stereocenters. The first-order chi connectivity index (χ1) is 9.81. The van der Waals surface area contributed by atoms with Gasteiger partial charge in [-0.3, -0.25) is 0 Å². The molecule has 1 fully saturated rings. The molecule has 2 heterocycles. The smallest absolute Gasteiger partial charge is 0.143 e. The SMILES string of the molecule is CN1CCN(c2ccc3oc4[c]cccc4c3c2)CC1. The van der Waals surface area contributed by atoms with Crippen molar-refractivity contribution < 1.29 is 4.42 Å². The topological polar surface area (TPSA) is 19.6 Å². The predicted octanol–water partition coefficient (Wildman–Crippen LogP) is 3.14. The molecule has 3 aromatic rings. The summed E-state index contributed by atoms with van der Waals surface area (Å²) in [4.78, 5) is 4.82. The average Bonchev–Trinajstić information content (AvgIpc) is 2.86. The minimum Gasteiger partial charge on any atom is -0.455 e. The molecule has 0 bridgehead atoms. The van der Waals surface area contributed by atoms with Crippen LogP contribution in [0.15, 0.2) is 40.8 Å². The Labute approximate surface area is 118 Å². The molecular weight excluding hydrogens is 248 g/mol. The van der Waals surface area contributed by atoms with Crippen LogP contribution in [0.3, 0.4) is 0 Å². The summed E-state index contributed by atoms with van der Waals surface area (Å²) in [6, 6.07) is 15.7. The molecule has 101 valence electrons. The Hall–Kier alpha value is -2.00. The fraction of sp³-hybridized carbons (Fsp3) is 0.294. The standard InChI is InChI=1S/C17H17N2O/c1-18-8-10-19(11-9-18)13-6-7-17-15(12-13)14-4-2-3-5-16(14)20-17/h2-4,6-7,12H,8-11H2,1H3. The molecule has 0 amide bonds. The van der Waals surface area contributed by atoms with Crippen LogP contribution < -0.4 is 4.90 Å². The van der Waals surface area contributed by atoms with E-state index in [2.05, 4.69) is 47.2 Å². The summed E-state index contributed by atoms with van der Waals surface area (Å²) in [5, 5.41) is 2.34. The molecule has 0 aliphatic carbocycles. The van der Waals surface area contributed by atoms with Gasteiger partial charge in [-0.25, -0.2) is 0 Å². The monoisotopic (exact) mass is 265 g/mol. The lowest BCUT2D eigenvalue weighted by Crippen LogP contribution is -2.44. The molecule has 0 N–H and O–H groups in total. The van der Waals surface area contributed by atoms with Crippen LogP contribution in [0.2, 0.25) is 0 Å². The highest BCUT2D eigenvalue weighted by Gasteiger charge is 2.15. The van der Waals surface area contributed by atoms with E-state index in [4.69, 9.17) is 4.42 Å². The first-order valence-electron chi connectivity index (χ1n) is 7.08. The average molecular weight is 265 g/mol. The zero-order valence-electron chi connectivity index (χ0n) is 11.6. The van der Waals surface area contributed by atoms with Crippen molar-refractivity contribution in [2.45, 2.75) is 0 Å². The lowest BCUT2D eigenvalue weighted by molar-refractivity contribution is 0.313. The maximum Gasteiger partial charge on any atom is 0.143 e. The molecule has 1 radical (unpaired) electrons. The highest BCUT2D eigenvalue weighted by Crippen LogP contribution is 2.31. The van der Waals surface area contributed by atoms with E-state index in [1.54, 1.807) is 0 Å². The van der Waals surface area contributed by atoms with Crippen molar-refractivity contribution >= 4 is 27.6 Å². The summed E-state index contributed by atoms with van der Waals surface area (Å²) in [5.41, 5.74) is 3.08. The number of nitrogens with zero attached hydrogens (tertiary/aromatic N) is 2. The van der Waals surface area contributed by atoms with Gasteiger partial charge in [0.25, 0.3) is 0 Å². The van der Waals surface area contributed by atoms with E-state index in [0.717, 1.165) is 42.7 Å². The van der Waals surface area contributed by atoms with Crippen LogP contribution in [0, 0.1) is 6.07 Å². The van der Waals surface area contributed by atoms with E-state index in [1.807, 2.05) is 12.1 Å². The van der Waals surface area contributed by atoms with Crippen molar-refractivity contribution in [3.05, 3.63) is 42.5 Å². The van der Waals surface area contributed by atoms with Gasteiger partial charge in [0.2, 0.25) is 0 Å². The van der Waals surface area contributed by atoms with Crippen LogP contribution in [-0.2, 0) is 0 Å². The lowest BCUT2D eigenvalue weighted by Gasteiger charge is -2.34. The number of piperazine rings is 1. The third kappa shape index (κ3) is 1.86. The summed E-state index contributed by atoms with van der Waals surface area (Å²) >= 11 is 0. The molecule has 1 aromatic heterocycles. The summed E-state index contributed by atoms with van der Waals surface area (Å²) < 4.78 is 5.83. The van der Waals surface area contributed by atoms with Gasteiger partial charge in [0.15, 0.2) is 0 Å². The minimum absolute atomic E-state index is 0.845. The number of likely N-dealkylation sites (N-methyl/N-ethyl adjacent to an activating group) is 1. The van der Waals surface area contributed by atoms with E-state index >= 15 is 0 Å². The highest BCUT2D eigenvalue weighted by molar-refractivity contribution is 6.05. The molecule has 0 atom stereocenters. The number of anilines is 1. The van der Waals surface area contributed by atoms with Crippen molar-refractivity contribution in [2.75, 3.05) is 38.1 Å². The van der Waals surface area contributed by atoms with Crippen molar-refractivity contribution in [1.29, 1.82) is 0 Å². The molecule has 4 rings (SSSR count). The third-order valence-corrected chi connectivity index (χ3v) is 4.15. The van der Waals surface area contributed by atoms with E-state index in [-0.39, 0.29) is 0 Å². The van der Waals surface area contributed by atoms with Gasteiger partial charge >= 0.3 is 0 Å². The second kappa shape index (κ2) is 4.53. The molecule has 3 heteroatoms. The molecule has 1 aliphatic heterocycles. The van der Waals surface area contributed by atoms with Crippen LogP contribution in [0.25, 0.3) is 21.9 Å². The molecular formula is C17H17N2O. The van der Waals surface area contributed by atoms with Crippen molar-refractivity contribution in [3.8, 4) is 0 Å². The van der Waals surface area contributed by atoms with E-state index in [0.29, 0.717) is 0 Å². The number of hydrogen-bond donors (Lipinski definition) is 0. The minimum atomic E-state index is 0.845. The van der Waals surface area contributed by atoms with Crippen LogP contribution in [0.1, 0.15) is 0 Å². The molecule has 3 nitrogen and oxygen atoms in total. The molecule has 20 heavy (non-hydrogen) atoms. The zero-order valence-corrected chi connectivity index (χ0v) is 11.6. The van der Waals surface area contributed by atoms with Crippen LogP contribution in [-0.4, -0.2) is 38.1 Å². The van der Waals surface area contributed by atoms with Crippen molar-refractivity contribution in [3.63, 3.8) is 0 Å². The first kappa shape index (κ1) is 11.8. The second-order valence-electron chi connectivity index (χ2n) is 5.49. The Morgan fingerprint density at radius 3 is 2.75 bits per heavy atom. The molecule has 0 spiro atoms. The van der Waals surface area contributed by atoms with Gasteiger partial charge in [-0.1, -0.05) is 18.2 Å². The third-order valence-electron chi connectivity index (χ3n) is 4.15. The Morgan fingerprint density at radius 2 is 1.90 bits per heavy atom. The van der Waals surface area contributed by atoms with Gasteiger partial charge in [-0.05, 0) is 25.2 Å². The second-order valence-corrected chi connectivity index (χ2v) is 5.49. The van der Waals surface area contributed by atoms with E-state index in [1.165, 1.54) is 11.1 Å². The highest BCUT2D eigenvalue weighted by atomic mass is 16.3. The number of fused-ring (bicyclic) bond motifs is 3. The molecule has 1 saturated heterocycles. The fourth-order valence-electron chi connectivity index (χ4n) is 2.91. The van der Waals surface area contributed by atoms with Crippen molar-refractivity contribution in [2.24, 2.45) is 0 Å². The lowest BCUT2D eigenvalue weighted by atomic mass is 10.1. The normalized spacial score (nSPS) is 17.1. The van der Waals surface area contributed by atoms with E-state index < -0.39 is 0 Å². The quantitative estimate of drug-likeness (QED) is 0.674. The van der Waals surface area contributed by atoms with Gasteiger partial charge < -0.3 is 14.2 Å². The summed E-state index contributed by atoms with van der Waals surface area (Å²) in [6.45, 7) is 4.42. The molecule has 2 aromatic carbocycles. The molecule has 1 aliphatic rings. The summed E-state index contributed by atoms with van der Waals surface area (Å²) in [6.07, 6.45) is 0. The summed E-state index contributed by atoms with van der Waals surface area (Å²) in [7, 11) is 2.18. The van der Waals surface area contributed by atoms with Crippen LogP contribution in [0.5, 0.6) is 0 Å². The Morgan fingerprint density at radius 1 is 1.05 bits per heavy atom. The maximum atomic E-state index is 5.83. The number of hydrogen-bond acceptors (Lipinski definition) is 3. The number of para-hydroxylation sites is 1. The van der Waals surface area contributed by atoms with Gasteiger partial charge in [0.05, 0.1) is 0 Å². The fourth-order valence-corrected chi connectivity index (χ4v) is 2.91. The van der Waals surface area contributed by atoms with Gasteiger partial charge in [-0.15, -0.1) is 0 Å². The first-order valence-corrected chi connectivity index (χ1v) is 7.08. The summed E-state index contributed by atoms with van der Waals surface area (Å²) in [5.74, 6) is 0. The Balaban J connectivity index is 1.79. The Kier molecular flexibility index (Phi) is 2.67. The van der Waals surface area contributed by atoms with Gasteiger partial charge in [0.1, 0.15) is 11.2 Å². The van der Waals surface area contributed by atoms with Crippen LogP contribution in [0.4, 0.5) is 5.69 Å². The largest absolute Gasteiger partial charge is 0.455 e.